The molecule has 0 radical (unpaired) electrons. The second kappa shape index (κ2) is 5.39. The molecule has 0 aromatic heterocycles. The molecule has 0 aromatic rings. The molecule has 0 saturated heterocycles. The van der Waals surface area contributed by atoms with E-state index in [1.54, 1.807) is 0 Å². The van der Waals surface area contributed by atoms with Crippen LogP contribution in [0.5, 0.6) is 0 Å². The molecule has 21 heavy (non-hydrogen) atoms. The van der Waals surface area contributed by atoms with Gasteiger partial charge in [0.2, 0.25) is 0 Å². The molecule has 0 amide bonds. The summed E-state index contributed by atoms with van der Waals surface area (Å²) < 4.78 is 128. The van der Waals surface area contributed by atoms with Gasteiger partial charge >= 0.3 is 35.6 Å². The fourth-order valence-corrected chi connectivity index (χ4v) is 1.34. The van der Waals surface area contributed by atoms with E-state index >= 15 is 0 Å². The van der Waals surface area contributed by atoms with E-state index in [9.17, 15) is 48.7 Å². The molecule has 2 nitrogen and oxygen atoms in total. The Morgan fingerprint density at radius 3 is 1.48 bits per heavy atom. The molecular formula is C8H6F10O2S. The molecule has 0 rings (SSSR count). The van der Waals surface area contributed by atoms with Gasteiger partial charge in [-0.25, -0.2) is 4.79 Å². The van der Waals surface area contributed by atoms with Gasteiger partial charge in [-0.05, 0) is 5.75 Å². The highest BCUT2D eigenvalue weighted by Crippen LogP contribution is 2.57. The van der Waals surface area contributed by atoms with Gasteiger partial charge in [0.05, 0.1) is 0 Å². The van der Waals surface area contributed by atoms with Crippen molar-refractivity contribution in [1.82, 2.24) is 0 Å². The zero-order valence-corrected chi connectivity index (χ0v) is 10.4. The summed E-state index contributed by atoms with van der Waals surface area (Å²) in [6.45, 7) is 0. The summed E-state index contributed by atoms with van der Waals surface area (Å²) in [6, 6.07) is 0. The van der Waals surface area contributed by atoms with Crippen molar-refractivity contribution < 1.29 is 53.8 Å². The van der Waals surface area contributed by atoms with Crippen molar-refractivity contribution in [2.24, 2.45) is 0 Å². The first kappa shape index (κ1) is 20.1. The van der Waals surface area contributed by atoms with Gasteiger partial charge in [0, 0.05) is 6.42 Å². The van der Waals surface area contributed by atoms with Crippen LogP contribution < -0.4 is 0 Å². The molecule has 0 unspecified atom stereocenters. The highest BCUT2D eigenvalue weighted by Gasteiger charge is 2.87. The normalized spacial score (nSPS) is 15.2. The summed E-state index contributed by atoms with van der Waals surface area (Å²) in [5.41, 5.74) is 0. The van der Waals surface area contributed by atoms with Crippen LogP contribution in [0, 0.1) is 0 Å². The first-order chi connectivity index (χ1) is 9.00. The molecule has 0 aromatic carbocycles. The van der Waals surface area contributed by atoms with Crippen LogP contribution in [0.15, 0.2) is 0 Å². The Hall–Kier alpha value is -0.880. The number of hydrogen-bond donors (Lipinski definition) is 2. The van der Waals surface area contributed by atoms with Crippen molar-refractivity contribution >= 4 is 18.6 Å². The summed E-state index contributed by atoms with van der Waals surface area (Å²) in [5.74, 6) is -39.1. The van der Waals surface area contributed by atoms with Crippen molar-refractivity contribution in [1.29, 1.82) is 0 Å². The summed E-state index contributed by atoms with van der Waals surface area (Å²) in [5, 5.41) is 7.70. The quantitative estimate of drug-likeness (QED) is 0.541. The molecule has 13 heteroatoms. The maximum Gasteiger partial charge on any atom is 0.410 e. The Morgan fingerprint density at radius 1 is 0.810 bits per heavy atom. The molecule has 0 saturated carbocycles. The average molecular weight is 356 g/mol. The molecule has 0 spiro atoms. The number of aliphatic carboxylic acids is 1. The monoisotopic (exact) mass is 356 g/mol. The van der Waals surface area contributed by atoms with E-state index in [1.807, 2.05) is 0 Å². The Balaban J connectivity index is 6.02. The topological polar surface area (TPSA) is 37.3 Å². The first-order valence-electron chi connectivity index (χ1n) is 4.74. The summed E-state index contributed by atoms with van der Waals surface area (Å²) in [4.78, 5) is 9.81. The molecule has 1 N–H and O–H groups in total. The van der Waals surface area contributed by atoms with Gasteiger partial charge in [0.15, 0.2) is 0 Å². The third-order valence-electron chi connectivity index (χ3n) is 2.34. The fourth-order valence-electron chi connectivity index (χ4n) is 1.06. The van der Waals surface area contributed by atoms with E-state index in [-0.39, 0.29) is 0 Å². The number of rotatable bonds is 7. The highest BCUT2D eigenvalue weighted by atomic mass is 32.1. The van der Waals surface area contributed by atoms with Crippen molar-refractivity contribution in [2.45, 2.75) is 36.0 Å². The van der Waals surface area contributed by atoms with Crippen molar-refractivity contribution in [3.8, 4) is 0 Å². The zero-order valence-electron chi connectivity index (χ0n) is 9.50. The molecule has 0 aliphatic rings. The minimum Gasteiger partial charge on any atom is -0.477 e. The van der Waals surface area contributed by atoms with Gasteiger partial charge in [-0.3, -0.25) is 0 Å². The summed E-state index contributed by atoms with van der Waals surface area (Å²) in [6.07, 6.45) is -2.13. The van der Waals surface area contributed by atoms with Gasteiger partial charge in [-0.2, -0.15) is 56.5 Å². The molecule has 0 fully saturated rings. The largest absolute Gasteiger partial charge is 0.477 e. The third kappa shape index (κ3) is 2.75. The number of halogens is 10. The van der Waals surface area contributed by atoms with Crippen LogP contribution in [0.2, 0.25) is 0 Å². The summed E-state index contributed by atoms with van der Waals surface area (Å²) >= 11 is 3.02. The minimum atomic E-state index is -7.34. The van der Waals surface area contributed by atoms with E-state index in [0.29, 0.717) is 0 Å². The maximum absolute atomic E-state index is 12.9. The lowest BCUT2D eigenvalue weighted by Gasteiger charge is -2.38. The van der Waals surface area contributed by atoms with Crippen LogP contribution in [0.1, 0.15) is 6.42 Å². The van der Waals surface area contributed by atoms with Gasteiger partial charge in [0.1, 0.15) is 0 Å². The van der Waals surface area contributed by atoms with E-state index in [2.05, 4.69) is 12.6 Å². The van der Waals surface area contributed by atoms with Gasteiger partial charge in [-0.1, -0.05) is 0 Å². The Labute approximate surface area is 115 Å². The lowest BCUT2D eigenvalue weighted by molar-refractivity contribution is -0.396. The van der Waals surface area contributed by atoms with E-state index in [4.69, 9.17) is 5.11 Å². The fraction of sp³-hybridized carbons (Fsp3) is 0.875. The molecule has 126 valence electrons. The van der Waals surface area contributed by atoms with Crippen molar-refractivity contribution in [3.63, 3.8) is 0 Å². The van der Waals surface area contributed by atoms with Crippen LogP contribution in [0.4, 0.5) is 43.9 Å². The van der Waals surface area contributed by atoms with E-state index < -0.39 is 47.8 Å². The van der Waals surface area contributed by atoms with Crippen LogP contribution >= 0.6 is 12.6 Å². The smallest absolute Gasteiger partial charge is 0.410 e. The Kier molecular flexibility index (Phi) is 5.17. The Bertz CT molecular complexity index is 408. The molecule has 0 atom stereocenters. The predicted molar refractivity (Wildman–Crippen MR) is 50.8 cm³/mol. The number of hydrogen-bond acceptors (Lipinski definition) is 2. The maximum atomic E-state index is 12.9. The number of carboxylic acid groups (broad SMARTS) is 1. The first-order valence-corrected chi connectivity index (χ1v) is 5.37. The molecule has 0 aliphatic carbocycles. The molecular weight excluding hydrogens is 350 g/mol. The number of alkyl halides is 10. The van der Waals surface area contributed by atoms with Crippen LogP contribution in [0.3, 0.4) is 0 Å². The van der Waals surface area contributed by atoms with Crippen LogP contribution in [-0.4, -0.2) is 46.4 Å². The number of carbonyl (C=O) groups is 1. The number of thiol groups is 1. The summed E-state index contributed by atoms with van der Waals surface area (Å²) in [7, 11) is 0. The lowest BCUT2D eigenvalue weighted by Crippen LogP contribution is -2.68. The molecule has 0 bridgehead atoms. The highest BCUT2D eigenvalue weighted by molar-refractivity contribution is 7.80. The molecule has 0 heterocycles. The standard InChI is InChI=1S/C8H6F10O2S/c9-4(10,1-2-21)6(13,14)8(17,18)7(15,16)5(11,12)3(19)20/h21H,1-2H2,(H,19,20). The molecule has 0 aliphatic heterocycles. The predicted octanol–water partition coefficient (Wildman–Crippen LogP) is 3.57. The SMILES string of the molecule is O=C(O)C(F)(F)C(F)(F)C(F)(F)C(F)(F)C(F)(F)CCS. The number of carboxylic acids is 1. The minimum absolute atomic E-state index is 1.15. The van der Waals surface area contributed by atoms with Crippen molar-refractivity contribution in [3.05, 3.63) is 0 Å². The third-order valence-corrected chi connectivity index (χ3v) is 2.56. The van der Waals surface area contributed by atoms with E-state index in [0.717, 1.165) is 0 Å². The lowest BCUT2D eigenvalue weighted by atomic mass is 9.93. The van der Waals surface area contributed by atoms with Gasteiger partial charge in [-0.15, -0.1) is 0 Å². The second-order valence-electron chi connectivity index (χ2n) is 3.78. The van der Waals surface area contributed by atoms with Crippen LogP contribution in [0.25, 0.3) is 0 Å². The van der Waals surface area contributed by atoms with E-state index in [1.165, 1.54) is 0 Å². The second-order valence-corrected chi connectivity index (χ2v) is 4.23. The Morgan fingerprint density at radius 2 is 1.19 bits per heavy atom. The van der Waals surface area contributed by atoms with Gasteiger partial charge < -0.3 is 5.11 Å². The zero-order chi connectivity index (χ0) is 17.5. The van der Waals surface area contributed by atoms with Crippen LogP contribution in [-0.2, 0) is 4.79 Å². The average Bonchev–Trinajstić information content (AvgIpc) is 2.27. The van der Waals surface area contributed by atoms with Crippen molar-refractivity contribution in [2.75, 3.05) is 5.75 Å². The van der Waals surface area contributed by atoms with Gasteiger partial charge in [0.25, 0.3) is 0 Å².